The molecule has 1 aliphatic heterocycles. The van der Waals surface area contributed by atoms with Gasteiger partial charge in [0.15, 0.2) is 0 Å². The van der Waals surface area contributed by atoms with Crippen molar-refractivity contribution in [3.63, 3.8) is 0 Å². The highest BCUT2D eigenvalue weighted by Gasteiger charge is 2.40. The van der Waals surface area contributed by atoms with E-state index in [0.29, 0.717) is 6.04 Å². The van der Waals surface area contributed by atoms with Crippen molar-refractivity contribution in [2.24, 2.45) is 5.92 Å². The van der Waals surface area contributed by atoms with E-state index in [2.05, 4.69) is 24.1 Å². The third-order valence-electron chi connectivity index (χ3n) is 5.19. The number of methoxy groups -OCH3 is 1. The first-order chi connectivity index (χ1) is 10.2. The Morgan fingerprint density at radius 1 is 1.29 bits per heavy atom. The highest BCUT2D eigenvalue weighted by atomic mass is 16.5. The summed E-state index contributed by atoms with van der Waals surface area (Å²) < 4.78 is 6.80. The van der Waals surface area contributed by atoms with Gasteiger partial charge in [0, 0.05) is 17.1 Å². The molecule has 1 aliphatic carbocycles. The molecule has 0 unspecified atom stereocenters. The van der Waals surface area contributed by atoms with Gasteiger partial charge in [-0.2, -0.15) is 0 Å². The first-order valence-corrected chi connectivity index (χ1v) is 7.63. The molecule has 1 saturated heterocycles. The van der Waals surface area contributed by atoms with Gasteiger partial charge in [-0.3, -0.25) is 4.90 Å². The SMILES string of the molecule is COC(=O)n1c2c(c3ccccc31)[C@H]1[C@@H](CC2)CCN1C. The smallest absolute Gasteiger partial charge is 0.418 e. The van der Waals surface area contributed by atoms with Gasteiger partial charge in [-0.1, -0.05) is 18.2 Å². The van der Waals surface area contributed by atoms with Crippen LogP contribution in [0.4, 0.5) is 4.79 Å². The Bertz CT molecular complexity index is 719. The summed E-state index contributed by atoms with van der Waals surface area (Å²) in [6.45, 7) is 1.15. The van der Waals surface area contributed by atoms with Crippen molar-refractivity contribution in [1.29, 1.82) is 0 Å². The number of nitrogens with zero attached hydrogens (tertiary/aromatic N) is 2. The van der Waals surface area contributed by atoms with Crippen molar-refractivity contribution in [3.05, 3.63) is 35.5 Å². The lowest BCUT2D eigenvalue weighted by Gasteiger charge is -2.30. The maximum atomic E-state index is 12.3. The zero-order valence-electron chi connectivity index (χ0n) is 12.5. The Hall–Kier alpha value is -1.81. The quantitative estimate of drug-likeness (QED) is 0.745. The second-order valence-electron chi connectivity index (χ2n) is 6.20. The van der Waals surface area contributed by atoms with Crippen molar-refractivity contribution in [1.82, 2.24) is 9.47 Å². The van der Waals surface area contributed by atoms with Gasteiger partial charge >= 0.3 is 6.09 Å². The fourth-order valence-electron chi connectivity index (χ4n) is 4.30. The average Bonchev–Trinajstić information content (AvgIpc) is 3.04. The first-order valence-electron chi connectivity index (χ1n) is 7.63. The van der Waals surface area contributed by atoms with Crippen LogP contribution in [-0.4, -0.2) is 36.3 Å². The lowest BCUT2D eigenvalue weighted by atomic mass is 9.82. The Labute approximate surface area is 124 Å². The van der Waals surface area contributed by atoms with Crippen molar-refractivity contribution >= 4 is 17.0 Å². The largest absolute Gasteiger partial charge is 0.452 e. The Morgan fingerprint density at radius 3 is 2.90 bits per heavy atom. The Morgan fingerprint density at radius 2 is 2.10 bits per heavy atom. The van der Waals surface area contributed by atoms with E-state index in [-0.39, 0.29) is 6.09 Å². The molecule has 0 amide bonds. The molecule has 0 N–H and O–H groups in total. The molecule has 2 aliphatic rings. The van der Waals surface area contributed by atoms with E-state index in [9.17, 15) is 4.79 Å². The average molecular weight is 284 g/mol. The topological polar surface area (TPSA) is 34.5 Å². The molecular formula is C17H20N2O2. The van der Waals surface area contributed by atoms with Gasteiger partial charge in [0.2, 0.25) is 0 Å². The number of ether oxygens (including phenoxy) is 1. The van der Waals surface area contributed by atoms with E-state index in [0.717, 1.165) is 36.5 Å². The number of carbonyl (C=O) groups is 1. The number of benzene rings is 1. The van der Waals surface area contributed by atoms with Crippen LogP contribution in [0.1, 0.15) is 30.1 Å². The monoisotopic (exact) mass is 284 g/mol. The summed E-state index contributed by atoms with van der Waals surface area (Å²) in [4.78, 5) is 14.7. The summed E-state index contributed by atoms with van der Waals surface area (Å²) in [5.74, 6) is 0.722. The molecule has 4 nitrogen and oxygen atoms in total. The predicted molar refractivity (Wildman–Crippen MR) is 81.5 cm³/mol. The molecule has 1 aromatic carbocycles. The number of para-hydroxylation sites is 1. The van der Waals surface area contributed by atoms with Gasteiger partial charge in [-0.05, 0) is 50.4 Å². The molecule has 2 atom stereocenters. The summed E-state index contributed by atoms with van der Waals surface area (Å²) in [7, 11) is 3.65. The molecule has 0 saturated carbocycles. The van der Waals surface area contributed by atoms with Crippen LogP contribution in [0.2, 0.25) is 0 Å². The van der Waals surface area contributed by atoms with Crippen LogP contribution in [-0.2, 0) is 11.2 Å². The third-order valence-corrected chi connectivity index (χ3v) is 5.19. The third kappa shape index (κ3) is 1.69. The standard InChI is InChI=1S/C17H20N2O2/c1-18-10-9-11-7-8-14-15(16(11)18)12-5-3-4-6-13(12)19(14)17(20)21-2/h3-6,11,16H,7-10H2,1-2H3/t11-,16+/m0/s1. The number of hydrogen-bond donors (Lipinski definition) is 0. The predicted octanol–water partition coefficient (Wildman–Crippen LogP) is 3.19. The summed E-state index contributed by atoms with van der Waals surface area (Å²) in [5, 5.41) is 1.21. The highest BCUT2D eigenvalue weighted by molar-refractivity contribution is 5.94. The molecule has 1 aromatic heterocycles. The molecule has 1 fully saturated rings. The second-order valence-corrected chi connectivity index (χ2v) is 6.20. The van der Waals surface area contributed by atoms with Crippen molar-refractivity contribution in [2.45, 2.75) is 25.3 Å². The number of aromatic nitrogens is 1. The van der Waals surface area contributed by atoms with E-state index in [1.165, 1.54) is 24.5 Å². The van der Waals surface area contributed by atoms with Gasteiger partial charge in [0.05, 0.1) is 12.6 Å². The van der Waals surface area contributed by atoms with Crippen molar-refractivity contribution < 1.29 is 9.53 Å². The molecule has 2 heterocycles. The zero-order chi connectivity index (χ0) is 14.6. The number of fused-ring (bicyclic) bond motifs is 5. The van der Waals surface area contributed by atoms with E-state index in [1.807, 2.05) is 12.1 Å². The maximum Gasteiger partial charge on any atom is 0.418 e. The Kier molecular flexibility index (Phi) is 2.82. The van der Waals surface area contributed by atoms with Crippen LogP contribution in [0, 0.1) is 5.92 Å². The minimum atomic E-state index is -0.272. The number of carbonyl (C=O) groups excluding carboxylic acids is 1. The minimum absolute atomic E-state index is 0.272. The first kappa shape index (κ1) is 12.9. The highest BCUT2D eigenvalue weighted by Crippen LogP contribution is 2.47. The normalized spacial score (nSPS) is 24.9. The van der Waals surface area contributed by atoms with Crippen LogP contribution >= 0.6 is 0 Å². The maximum absolute atomic E-state index is 12.3. The van der Waals surface area contributed by atoms with Crippen LogP contribution in [0.25, 0.3) is 10.9 Å². The molecule has 21 heavy (non-hydrogen) atoms. The van der Waals surface area contributed by atoms with Gasteiger partial charge in [-0.15, -0.1) is 0 Å². The Balaban J connectivity index is 2.03. The second kappa shape index (κ2) is 4.60. The van der Waals surface area contributed by atoms with E-state index < -0.39 is 0 Å². The van der Waals surface area contributed by atoms with Gasteiger partial charge in [0.1, 0.15) is 0 Å². The van der Waals surface area contributed by atoms with Crippen LogP contribution in [0.15, 0.2) is 24.3 Å². The molecule has 0 spiro atoms. The summed E-state index contributed by atoms with van der Waals surface area (Å²) in [6.07, 6.45) is 3.12. The van der Waals surface area contributed by atoms with Gasteiger partial charge in [0.25, 0.3) is 0 Å². The lowest BCUT2D eigenvalue weighted by Crippen LogP contribution is -2.27. The number of rotatable bonds is 0. The summed E-state index contributed by atoms with van der Waals surface area (Å²) in [5.41, 5.74) is 3.49. The number of hydrogen-bond acceptors (Lipinski definition) is 3. The molecule has 0 bridgehead atoms. The van der Waals surface area contributed by atoms with Gasteiger partial charge in [-0.25, -0.2) is 9.36 Å². The van der Waals surface area contributed by atoms with Gasteiger partial charge < -0.3 is 4.74 Å². The van der Waals surface area contributed by atoms with E-state index in [1.54, 1.807) is 4.57 Å². The molecule has 4 rings (SSSR count). The number of likely N-dealkylation sites (tertiary alicyclic amines) is 1. The molecule has 4 heteroatoms. The molecule has 110 valence electrons. The van der Waals surface area contributed by atoms with E-state index >= 15 is 0 Å². The summed E-state index contributed by atoms with van der Waals surface area (Å²) in [6, 6.07) is 8.66. The van der Waals surface area contributed by atoms with Crippen LogP contribution in [0.3, 0.4) is 0 Å². The summed E-state index contributed by atoms with van der Waals surface area (Å²) >= 11 is 0. The van der Waals surface area contributed by atoms with Crippen LogP contribution < -0.4 is 0 Å². The zero-order valence-corrected chi connectivity index (χ0v) is 12.5. The molecule has 2 aromatic rings. The fraction of sp³-hybridized carbons (Fsp3) is 0.471. The van der Waals surface area contributed by atoms with Crippen LogP contribution in [0.5, 0.6) is 0 Å². The minimum Gasteiger partial charge on any atom is -0.452 e. The molecule has 0 radical (unpaired) electrons. The lowest BCUT2D eigenvalue weighted by molar-refractivity contribution is 0.172. The van der Waals surface area contributed by atoms with Crippen molar-refractivity contribution in [3.8, 4) is 0 Å². The van der Waals surface area contributed by atoms with E-state index in [4.69, 9.17) is 4.74 Å². The van der Waals surface area contributed by atoms with Crippen molar-refractivity contribution in [2.75, 3.05) is 20.7 Å². The fourth-order valence-corrected chi connectivity index (χ4v) is 4.30. The molecular weight excluding hydrogens is 264 g/mol.